The number of aryl methyl sites for hydroxylation is 3. The minimum Gasteiger partial charge on any atom is -0.458 e. The maximum absolute atomic E-state index is 12.5. The van der Waals surface area contributed by atoms with Gasteiger partial charge in [0.05, 0.1) is 29.1 Å². The highest BCUT2D eigenvalue weighted by atomic mass is 79.9. The molecule has 188 valence electrons. The van der Waals surface area contributed by atoms with Crippen LogP contribution < -0.4 is 5.06 Å². The lowest BCUT2D eigenvalue weighted by molar-refractivity contribution is -0.160. The molecule has 2 heterocycles. The number of carbonyl (C=O) groups is 1. The van der Waals surface area contributed by atoms with E-state index >= 15 is 0 Å². The number of aromatic nitrogens is 3. The van der Waals surface area contributed by atoms with Crippen LogP contribution in [0.25, 0.3) is 16.8 Å². The van der Waals surface area contributed by atoms with E-state index in [0.29, 0.717) is 0 Å². The zero-order valence-electron chi connectivity index (χ0n) is 21.2. The van der Waals surface area contributed by atoms with Crippen LogP contribution >= 0.6 is 15.9 Å². The highest BCUT2D eigenvalue weighted by Crippen LogP contribution is 2.37. The van der Waals surface area contributed by atoms with E-state index in [0.717, 1.165) is 49.7 Å². The van der Waals surface area contributed by atoms with Crippen LogP contribution in [0, 0.1) is 20.8 Å². The number of halogens is 1. The molecule has 8 nitrogen and oxygen atoms in total. The third kappa shape index (κ3) is 5.68. The molecule has 0 saturated carbocycles. The first-order valence-electron chi connectivity index (χ1n) is 11.5. The van der Waals surface area contributed by atoms with E-state index in [2.05, 4.69) is 26.1 Å². The van der Waals surface area contributed by atoms with Gasteiger partial charge in [-0.15, -0.1) is 0 Å². The Morgan fingerprint density at radius 2 is 1.92 bits per heavy atom. The van der Waals surface area contributed by atoms with E-state index in [-0.39, 0.29) is 6.61 Å². The minimum atomic E-state index is -0.611. The molecule has 0 N–H and O–H groups in total. The molecule has 0 fully saturated rings. The maximum Gasteiger partial charge on any atom is 0.335 e. The molecule has 0 spiro atoms. The number of anilines is 2. The number of esters is 1. The quantitative estimate of drug-likeness (QED) is 0.188. The second-order valence-electron chi connectivity index (χ2n) is 9.46. The fraction of sp³-hybridized carbons (Fsp3) is 0.296. The number of benzene rings is 2. The molecule has 0 aliphatic heterocycles. The Bertz CT molecular complexity index is 1350. The zero-order valence-corrected chi connectivity index (χ0v) is 22.8. The van der Waals surface area contributed by atoms with Crippen molar-refractivity contribution in [2.24, 2.45) is 0 Å². The van der Waals surface area contributed by atoms with Crippen molar-refractivity contribution in [2.45, 2.75) is 47.1 Å². The average molecular weight is 553 g/mol. The van der Waals surface area contributed by atoms with Crippen LogP contribution in [0.15, 0.2) is 64.1 Å². The molecule has 0 aliphatic carbocycles. The summed E-state index contributed by atoms with van der Waals surface area (Å²) in [6, 6.07) is 11.9. The normalized spacial score (nSPS) is 11.5. The second kappa shape index (κ2) is 10.3. The van der Waals surface area contributed by atoms with Gasteiger partial charge in [0, 0.05) is 22.4 Å². The van der Waals surface area contributed by atoms with E-state index in [1.54, 1.807) is 17.6 Å². The van der Waals surface area contributed by atoms with Crippen LogP contribution in [0.4, 0.5) is 11.4 Å². The van der Waals surface area contributed by atoms with Gasteiger partial charge in [-0.25, -0.2) is 14.8 Å². The Morgan fingerprint density at radius 1 is 1.14 bits per heavy atom. The molecule has 0 unspecified atom stereocenters. The van der Waals surface area contributed by atoms with Gasteiger partial charge in [0.15, 0.2) is 6.61 Å². The highest BCUT2D eigenvalue weighted by Gasteiger charge is 2.22. The molecule has 0 saturated heterocycles. The number of rotatable bonds is 7. The summed E-state index contributed by atoms with van der Waals surface area (Å²) in [4.78, 5) is 22.7. The van der Waals surface area contributed by atoms with E-state index < -0.39 is 11.6 Å². The molecule has 2 aromatic heterocycles. The van der Waals surface area contributed by atoms with Gasteiger partial charge in [0.1, 0.15) is 11.4 Å². The summed E-state index contributed by atoms with van der Waals surface area (Å²) < 4.78 is 13.6. The monoisotopic (exact) mass is 552 g/mol. The van der Waals surface area contributed by atoms with Crippen molar-refractivity contribution in [3.8, 4) is 16.8 Å². The van der Waals surface area contributed by atoms with Gasteiger partial charge in [-0.05, 0) is 92.9 Å². The van der Waals surface area contributed by atoms with Crippen LogP contribution in [0.2, 0.25) is 0 Å². The summed E-state index contributed by atoms with van der Waals surface area (Å²) in [5.74, 6) is 0.275. The van der Waals surface area contributed by atoms with Gasteiger partial charge >= 0.3 is 5.97 Å². The van der Waals surface area contributed by atoms with Crippen molar-refractivity contribution < 1.29 is 18.9 Å². The molecule has 9 heteroatoms. The van der Waals surface area contributed by atoms with Gasteiger partial charge in [0.2, 0.25) is 0 Å². The molecular formula is C27H29BrN4O4. The number of imidazole rings is 1. The number of ether oxygens (including phenoxy) is 1. The Labute approximate surface area is 218 Å². The van der Waals surface area contributed by atoms with Crippen molar-refractivity contribution in [3.63, 3.8) is 0 Å². The zero-order chi connectivity index (χ0) is 26.0. The van der Waals surface area contributed by atoms with Gasteiger partial charge < -0.3 is 13.8 Å². The van der Waals surface area contributed by atoms with Crippen molar-refractivity contribution in [1.82, 2.24) is 14.7 Å². The predicted octanol–water partition coefficient (Wildman–Crippen LogP) is 6.63. The summed E-state index contributed by atoms with van der Waals surface area (Å²) in [7, 11) is 0. The lowest BCUT2D eigenvalue weighted by Gasteiger charge is -2.27. The standard InChI is InChI=1S/C27H29BrN4O4/c1-17-7-8-20(26-18(2)30-36-19(26)3)13-24(17)32(34-15-25(33)35-27(4,5)6)21-9-10-23(22(28)14-21)31-12-11-29-16-31/h7-14,16H,15H2,1-6H3. The Kier molecular flexibility index (Phi) is 7.33. The predicted molar refractivity (Wildman–Crippen MR) is 141 cm³/mol. The summed E-state index contributed by atoms with van der Waals surface area (Å²) in [5, 5.41) is 5.75. The number of carbonyl (C=O) groups excluding carboxylic acids is 1. The van der Waals surface area contributed by atoms with Crippen LogP contribution in [-0.2, 0) is 14.4 Å². The number of hydrogen-bond acceptors (Lipinski definition) is 7. The first-order chi connectivity index (χ1) is 17.0. The smallest absolute Gasteiger partial charge is 0.335 e. The lowest BCUT2D eigenvalue weighted by atomic mass is 10.0. The van der Waals surface area contributed by atoms with E-state index in [9.17, 15) is 4.79 Å². The molecule has 0 atom stereocenters. The fourth-order valence-electron chi connectivity index (χ4n) is 3.88. The third-order valence-electron chi connectivity index (χ3n) is 5.43. The minimum absolute atomic E-state index is 0.257. The van der Waals surface area contributed by atoms with Gasteiger partial charge in [0.25, 0.3) is 0 Å². The van der Waals surface area contributed by atoms with E-state index in [1.165, 1.54) is 0 Å². The molecular weight excluding hydrogens is 524 g/mol. The van der Waals surface area contributed by atoms with Gasteiger partial charge in [-0.1, -0.05) is 17.3 Å². The third-order valence-corrected chi connectivity index (χ3v) is 6.07. The molecule has 0 aliphatic rings. The summed E-state index contributed by atoms with van der Waals surface area (Å²) in [5.41, 5.74) is 5.45. The Morgan fingerprint density at radius 3 is 2.53 bits per heavy atom. The van der Waals surface area contributed by atoms with Crippen molar-refractivity contribution >= 4 is 33.3 Å². The topological polar surface area (TPSA) is 82.6 Å². The molecule has 4 rings (SSSR count). The van der Waals surface area contributed by atoms with E-state index in [1.807, 2.05) is 88.7 Å². The van der Waals surface area contributed by atoms with E-state index in [4.69, 9.17) is 14.1 Å². The van der Waals surface area contributed by atoms with Crippen molar-refractivity contribution in [3.05, 3.63) is 76.6 Å². The average Bonchev–Trinajstić information content (AvgIpc) is 3.44. The molecule has 2 aromatic carbocycles. The van der Waals surface area contributed by atoms with Crippen LogP contribution in [0.1, 0.15) is 37.8 Å². The largest absolute Gasteiger partial charge is 0.458 e. The first kappa shape index (κ1) is 25.7. The molecule has 4 aromatic rings. The van der Waals surface area contributed by atoms with Crippen molar-refractivity contribution in [2.75, 3.05) is 11.7 Å². The molecule has 36 heavy (non-hydrogen) atoms. The number of hydrogen-bond donors (Lipinski definition) is 0. The van der Waals surface area contributed by atoms with Gasteiger partial charge in [-0.3, -0.25) is 4.84 Å². The number of nitrogens with zero attached hydrogens (tertiary/aromatic N) is 4. The van der Waals surface area contributed by atoms with Crippen LogP contribution in [0.3, 0.4) is 0 Å². The Hall–Kier alpha value is -3.43. The first-order valence-corrected chi connectivity index (χ1v) is 12.3. The fourth-order valence-corrected chi connectivity index (χ4v) is 4.45. The second-order valence-corrected chi connectivity index (χ2v) is 10.3. The maximum atomic E-state index is 12.5. The van der Waals surface area contributed by atoms with Gasteiger partial charge in [-0.2, -0.15) is 0 Å². The molecule has 0 amide bonds. The summed E-state index contributed by atoms with van der Waals surface area (Å²) >= 11 is 3.67. The SMILES string of the molecule is Cc1ccc(-c2c(C)noc2C)cc1N(OCC(=O)OC(C)(C)C)c1ccc(-n2ccnc2)c(Br)c1. The van der Waals surface area contributed by atoms with Crippen LogP contribution in [-0.4, -0.2) is 32.9 Å². The Balaban J connectivity index is 1.75. The highest BCUT2D eigenvalue weighted by molar-refractivity contribution is 9.10. The molecule has 0 radical (unpaired) electrons. The van der Waals surface area contributed by atoms with Crippen molar-refractivity contribution in [1.29, 1.82) is 0 Å². The lowest BCUT2D eigenvalue weighted by Crippen LogP contribution is -2.30. The summed E-state index contributed by atoms with van der Waals surface area (Å²) in [6.45, 7) is 11.0. The van der Waals surface area contributed by atoms with Crippen LogP contribution in [0.5, 0.6) is 0 Å². The summed E-state index contributed by atoms with van der Waals surface area (Å²) in [6.07, 6.45) is 5.32. The molecule has 0 bridgehead atoms.